The maximum atomic E-state index is 6.12. The van der Waals surface area contributed by atoms with Gasteiger partial charge in [0.15, 0.2) is 0 Å². The summed E-state index contributed by atoms with van der Waals surface area (Å²) in [6.45, 7) is 3.77. The number of halogens is 1. The fraction of sp³-hybridized carbons (Fsp3) is 0.375. The monoisotopic (exact) mass is 318 g/mol. The summed E-state index contributed by atoms with van der Waals surface area (Å²) in [6, 6.07) is 6.04. The molecule has 0 bridgehead atoms. The highest BCUT2D eigenvalue weighted by Crippen LogP contribution is 2.33. The van der Waals surface area contributed by atoms with E-state index in [-0.39, 0.29) is 0 Å². The van der Waals surface area contributed by atoms with Crippen LogP contribution in [0.2, 0.25) is 5.02 Å². The fourth-order valence-electron chi connectivity index (χ4n) is 2.75. The molecule has 2 aromatic rings. The van der Waals surface area contributed by atoms with Crippen molar-refractivity contribution < 1.29 is 4.74 Å². The fourth-order valence-corrected chi connectivity index (χ4v) is 2.92. The Morgan fingerprint density at radius 3 is 3.00 bits per heavy atom. The summed E-state index contributed by atoms with van der Waals surface area (Å²) in [4.78, 5) is 10.9. The number of rotatable bonds is 4. The predicted molar refractivity (Wildman–Crippen MR) is 89.0 cm³/mol. The second-order valence-electron chi connectivity index (χ2n) is 5.44. The van der Waals surface area contributed by atoms with Gasteiger partial charge in [-0.3, -0.25) is 4.98 Å². The van der Waals surface area contributed by atoms with Gasteiger partial charge in [0.25, 0.3) is 0 Å². The van der Waals surface area contributed by atoms with Crippen LogP contribution in [0.3, 0.4) is 0 Å². The van der Waals surface area contributed by atoms with Crippen LogP contribution in [0.4, 0.5) is 11.5 Å². The Morgan fingerprint density at radius 1 is 1.36 bits per heavy atom. The summed E-state index contributed by atoms with van der Waals surface area (Å²) >= 11 is 6.12. The molecule has 1 N–H and O–H groups in total. The average Bonchev–Trinajstić information content (AvgIpc) is 2.95. The Bertz CT molecular complexity index is 664. The molecule has 1 unspecified atom stereocenters. The zero-order valence-electron chi connectivity index (χ0n) is 12.7. The van der Waals surface area contributed by atoms with Crippen LogP contribution in [0, 0.1) is 6.92 Å². The number of ether oxygens (including phenoxy) is 1. The van der Waals surface area contributed by atoms with Gasteiger partial charge in [-0.25, -0.2) is 4.98 Å². The summed E-state index contributed by atoms with van der Waals surface area (Å²) in [5, 5.41) is 4.16. The molecule has 22 heavy (non-hydrogen) atoms. The van der Waals surface area contributed by atoms with Gasteiger partial charge < -0.3 is 15.0 Å². The zero-order valence-corrected chi connectivity index (χ0v) is 13.5. The molecule has 0 spiro atoms. The van der Waals surface area contributed by atoms with Crippen molar-refractivity contribution in [2.24, 2.45) is 0 Å². The third-order valence-corrected chi connectivity index (χ3v) is 4.01. The first kappa shape index (κ1) is 14.9. The van der Waals surface area contributed by atoms with Crippen molar-refractivity contribution in [1.82, 2.24) is 9.97 Å². The second kappa shape index (κ2) is 6.40. The molecule has 0 aliphatic carbocycles. The van der Waals surface area contributed by atoms with E-state index >= 15 is 0 Å². The molecule has 1 aliphatic rings. The molecule has 0 saturated carbocycles. The normalized spacial score (nSPS) is 17.6. The summed E-state index contributed by atoms with van der Waals surface area (Å²) in [7, 11) is 1.68. The van der Waals surface area contributed by atoms with Crippen LogP contribution < -0.4 is 15.0 Å². The molecule has 1 aliphatic heterocycles. The largest absolute Gasteiger partial charge is 0.495 e. The minimum atomic E-state index is 0.333. The van der Waals surface area contributed by atoms with Gasteiger partial charge in [0.1, 0.15) is 11.6 Å². The van der Waals surface area contributed by atoms with Crippen LogP contribution >= 0.6 is 11.6 Å². The quantitative estimate of drug-likeness (QED) is 0.938. The molecule has 116 valence electrons. The molecule has 5 nitrogen and oxygen atoms in total. The number of hydrogen-bond donors (Lipinski definition) is 1. The molecule has 0 radical (unpaired) electrons. The highest BCUT2D eigenvalue weighted by atomic mass is 35.5. The SMILES string of the molecule is COc1ccc(Cl)cc1N1CCC(Nc2cncc(C)n2)C1. The standard InChI is InChI=1S/C16H19ClN4O/c1-11-8-18-9-16(19-11)20-13-5-6-21(10-13)14-7-12(17)3-4-15(14)22-2/h3-4,7-9,13H,5-6,10H2,1-2H3,(H,19,20). The molecular weight excluding hydrogens is 300 g/mol. The smallest absolute Gasteiger partial charge is 0.145 e. The Morgan fingerprint density at radius 2 is 2.23 bits per heavy atom. The van der Waals surface area contributed by atoms with E-state index in [1.807, 2.05) is 25.1 Å². The highest BCUT2D eigenvalue weighted by molar-refractivity contribution is 6.30. The first-order valence-corrected chi connectivity index (χ1v) is 7.67. The lowest BCUT2D eigenvalue weighted by molar-refractivity contribution is 0.415. The van der Waals surface area contributed by atoms with E-state index in [1.54, 1.807) is 19.5 Å². The van der Waals surface area contributed by atoms with Crippen LogP contribution in [0.1, 0.15) is 12.1 Å². The van der Waals surface area contributed by atoms with Crippen molar-refractivity contribution >= 4 is 23.1 Å². The van der Waals surface area contributed by atoms with Crippen molar-refractivity contribution in [3.63, 3.8) is 0 Å². The Kier molecular flexibility index (Phi) is 4.34. The topological polar surface area (TPSA) is 50.3 Å². The summed E-state index contributed by atoms with van der Waals surface area (Å²) in [5.74, 6) is 1.67. The lowest BCUT2D eigenvalue weighted by Crippen LogP contribution is -2.26. The van der Waals surface area contributed by atoms with E-state index in [1.165, 1.54) is 0 Å². The molecular formula is C16H19ClN4O. The molecule has 3 rings (SSSR count). The van der Waals surface area contributed by atoms with E-state index < -0.39 is 0 Å². The number of hydrogen-bond acceptors (Lipinski definition) is 5. The number of benzene rings is 1. The van der Waals surface area contributed by atoms with Gasteiger partial charge in [-0.2, -0.15) is 0 Å². The van der Waals surface area contributed by atoms with Gasteiger partial charge in [-0.05, 0) is 31.5 Å². The predicted octanol–water partition coefficient (Wildman–Crippen LogP) is 3.14. The minimum absolute atomic E-state index is 0.333. The van der Waals surface area contributed by atoms with E-state index in [4.69, 9.17) is 16.3 Å². The average molecular weight is 319 g/mol. The van der Waals surface area contributed by atoms with Crippen LogP contribution in [0.5, 0.6) is 5.75 Å². The number of nitrogens with zero attached hydrogens (tertiary/aromatic N) is 3. The maximum absolute atomic E-state index is 6.12. The first-order valence-electron chi connectivity index (χ1n) is 7.29. The van der Waals surface area contributed by atoms with Gasteiger partial charge >= 0.3 is 0 Å². The number of methoxy groups -OCH3 is 1. The molecule has 1 aromatic carbocycles. The van der Waals surface area contributed by atoms with Crippen LogP contribution in [0.15, 0.2) is 30.6 Å². The zero-order chi connectivity index (χ0) is 15.5. The molecule has 2 heterocycles. The highest BCUT2D eigenvalue weighted by Gasteiger charge is 2.25. The Hall–Kier alpha value is -2.01. The first-order chi connectivity index (χ1) is 10.7. The van der Waals surface area contributed by atoms with E-state index in [0.717, 1.165) is 47.5 Å². The van der Waals surface area contributed by atoms with E-state index in [9.17, 15) is 0 Å². The molecule has 1 fully saturated rings. The summed E-state index contributed by atoms with van der Waals surface area (Å²) in [6.07, 6.45) is 4.55. The maximum Gasteiger partial charge on any atom is 0.145 e. The number of nitrogens with one attached hydrogen (secondary N) is 1. The van der Waals surface area contributed by atoms with Crippen molar-refractivity contribution in [2.75, 3.05) is 30.4 Å². The Labute approximate surface area is 135 Å². The molecule has 1 aromatic heterocycles. The summed E-state index contributed by atoms with van der Waals surface area (Å²) in [5.41, 5.74) is 1.95. The molecule has 6 heteroatoms. The van der Waals surface area contributed by atoms with Gasteiger partial charge in [0.05, 0.1) is 24.7 Å². The number of aryl methyl sites for hydroxylation is 1. The van der Waals surface area contributed by atoms with Gasteiger partial charge in [-0.15, -0.1) is 0 Å². The number of aromatic nitrogens is 2. The van der Waals surface area contributed by atoms with Gasteiger partial charge in [0, 0.05) is 30.4 Å². The molecule has 0 amide bonds. The third-order valence-electron chi connectivity index (χ3n) is 3.78. The van der Waals surface area contributed by atoms with Crippen molar-refractivity contribution in [1.29, 1.82) is 0 Å². The van der Waals surface area contributed by atoms with Crippen molar-refractivity contribution in [3.05, 3.63) is 41.3 Å². The van der Waals surface area contributed by atoms with E-state index in [2.05, 4.69) is 20.2 Å². The number of anilines is 2. The summed E-state index contributed by atoms with van der Waals surface area (Å²) < 4.78 is 5.44. The van der Waals surface area contributed by atoms with Gasteiger partial charge in [-0.1, -0.05) is 11.6 Å². The van der Waals surface area contributed by atoms with Crippen LogP contribution in [-0.2, 0) is 0 Å². The van der Waals surface area contributed by atoms with Crippen LogP contribution in [0.25, 0.3) is 0 Å². The lowest BCUT2D eigenvalue weighted by atomic mass is 10.2. The van der Waals surface area contributed by atoms with Crippen molar-refractivity contribution in [3.8, 4) is 5.75 Å². The van der Waals surface area contributed by atoms with Crippen molar-refractivity contribution in [2.45, 2.75) is 19.4 Å². The molecule has 1 atom stereocenters. The second-order valence-corrected chi connectivity index (χ2v) is 5.87. The van der Waals surface area contributed by atoms with E-state index in [0.29, 0.717) is 6.04 Å². The van der Waals surface area contributed by atoms with Crippen LogP contribution in [-0.4, -0.2) is 36.2 Å². The van der Waals surface area contributed by atoms with Gasteiger partial charge in [0.2, 0.25) is 0 Å². The Balaban J connectivity index is 1.71. The minimum Gasteiger partial charge on any atom is -0.495 e. The lowest BCUT2D eigenvalue weighted by Gasteiger charge is -2.22. The third kappa shape index (κ3) is 3.25. The molecule has 1 saturated heterocycles.